The van der Waals surface area contributed by atoms with Gasteiger partial charge in [0.25, 0.3) is 0 Å². The molecule has 1 amide bonds. The Bertz CT molecular complexity index is 646. The number of aliphatic carboxylic acids is 1. The van der Waals surface area contributed by atoms with Crippen molar-refractivity contribution >= 4 is 22.8 Å². The van der Waals surface area contributed by atoms with E-state index in [9.17, 15) is 9.59 Å². The summed E-state index contributed by atoms with van der Waals surface area (Å²) < 4.78 is 1.82. The Labute approximate surface area is 123 Å². The number of hydrogen-bond acceptors (Lipinski definition) is 2. The summed E-state index contributed by atoms with van der Waals surface area (Å²) in [6.07, 6.45) is 2.26. The molecule has 1 aromatic heterocycles. The molecule has 1 atom stereocenters. The third kappa shape index (κ3) is 3.84. The van der Waals surface area contributed by atoms with Crippen LogP contribution in [0, 0.1) is 5.92 Å². The zero-order chi connectivity index (χ0) is 15.4. The Balaban J connectivity index is 2.05. The average Bonchev–Trinajstić information content (AvgIpc) is 2.81. The zero-order valence-electron chi connectivity index (χ0n) is 12.2. The smallest absolute Gasteiger partial charge is 0.326 e. The molecule has 21 heavy (non-hydrogen) atoms. The van der Waals surface area contributed by atoms with Crippen molar-refractivity contribution in [1.29, 1.82) is 0 Å². The molecule has 5 heteroatoms. The fraction of sp³-hybridized carbons (Fsp3) is 0.375. The first-order chi connectivity index (χ1) is 9.97. The van der Waals surface area contributed by atoms with Crippen LogP contribution in [-0.2, 0) is 16.1 Å². The summed E-state index contributed by atoms with van der Waals surface area (Å²) in [6.45, 7) is 3.98. The molecule has 2 aromatic rings. The van der Waals surface area contributed by atoms with Crippen molar-refractivity contribution in [2.75, 3.05) is 0 Å². The number of nitrogens with one attached hydrogen (secondary N) is 1. The Morgan fingerprint density at radius 1 is 1.24 bits per heavy atom. The quantitative estimate of drug-likeness (QED) is 0.856. The molecular formula is C16H20N2O3. The summed E-state index contributed by atoms with van der Waals surface area (Å²) in [5, 5.41) is 12.8. The molecule has 0 radical (unpaired) electrons. The number of rotatable bonds is 6. The number of aromatic nitrogens is 1. The van der Waals surface area contributed by atoms with E-state index in [4.69, 9.17) is 5.11 Å². The predicted molar refractivity (Wildman–Crippen MR) is 81.0 cm³/mol. The van der Waals surface area contributed by atoms with Crippen molar-refractivity contribution in [2.24, 2.45) is 5.92 Å². The van der Waals surface area contributed by atoms with Crippen LogP contribution in [-0.4, -0.2) is 27.6 Å². The summed E-state index contributed by atoms with van der Waals surface area (Å²) in [5.74, 6) is -1.07. The lowest BCUT2D eigenvalue weighted by atomic mass is 10.0. The maximum absolute atomic E-state index is 12.1. The summed E-state index contributed by atoms with van der Waals surface area (Å²) in [5.41, 5.74) is 0.961. The highest BCUT2D eigenvalue weighted by Crippen LogP contribution is 2.14. The number of amides is 1. The largest absolute Gasteiger partial charge is 0.480 e. The molecule has 1 heterocycles. The van der Waals surface area contributed by atoms with Gasteiger partial charge < -0.3 is 15.0 Å². The van der Waals surface area contributed by atoms with Crippen LogP contribution in [0.1, 0.15) is 20.3 Å². The number of para-hydroxylation sites is 1. The van der Waals surface area contributed by atoms with E-state index in [0.717, 1.165) is 10.9 Å². The van der Waals surface area contributed by atoms with Gasteiger partial charge in [-0.25, -0.2) is 4.79 Å². The number of carboxylic acids is 1. The Hall–Kier alpha value is -2.30. The van der Waals surface area contributed by atoms with Gasteiger partial charge >= 0.3 is 5.97 Å². The van der Waals surface area contributed by atoms with E-state index in [1.165, 1.54) is 0 Å². The van der Waals surface area contributed by atoms with E-state index in [-0.39, 0.29) is 18.4 Å². The van der Waals surface area contributed by atoms with Gasteiger partial charge in [0.05, 0.1) is 0 Å². The maximum Gasteiger partial charge on any atom is 0.326 e. The second-order valence-electron chi connectivity index (χ2n) is 5.59. The minimum absolute atomic E-state index is 0.120. The molecule has 0 saturated heterocycles. The second-order valence-corrected chi connectivity index (χ2v) is 5.59. The number of nitrogens with zero attached hydrogens (tertiary/aromatic N) is 1. The van der Waals surface area contributed by atoms with Crippen molar-refractivity contribution in [1.82, 2.24) is 9.88 Å². The molecule has 0 fully saturated rings. The average molecular weight is 288 g/mol. The molecule has 0 saturated carbocycles. The number of carbonyl (C=O) groups is 2. The minimum atomic E-state index is -0.991. The first-order valence-corrected chi connectivity index (χ1v) is 7.03. The standard InChI is InChI=1S/C16H20N2O3/c1-11(2)9-13(16(20)21)17-15(19)10-18-8-7-12-5-3-4-6-14(12)18/h3-8,11,13H,9-10H2,1-2H3,(H,17,19)(H,20,21)/t13-/m1/s1. The van der Waals surface area contributed by atoms with Crippen LogP contribution < -0.4 is 5.32 Å². The first-order valence-electron chi connectivity index (χ1n) is 7.03. The lowest BCUT2D eigenvalue weighted by Gasteiger charge is -2.16. The zero-order valence-corrected chi connectivity index (χ0v) is 12.2. The third-order valence-corrected chi connectivity index (χ3v) is 3.33. The van der Waals surface area contributed by atoms with E-state index < -0.39 is 12.0 Å². The Morgan fingerprint density at radius 3 is 2.62 bits per heavy atom. The van der Waals surface area contributed by atoms with Gasteiger partial charge in [0.2, 0.25) is 5.91 Å². The number of benzene rings is 1. The second kappa shape index (κ2) is 6.43. The van der Waals surface area contributed by atoms with E-state index >= 15 is 0 Å². The van der Waals surface area contributed by atoms with Crippen LogP contribution in [0.15, 0.2) is 36.5 Å². The number of hydrogen-bond donors (Lipinski definition) is 2. The molecule has 1 aromatic carbocycles. The van der Waals surface area contributed by atoms with Crippen LogP contribution in [0.25, 0.3) is 10.9 Å². The van der Waals surface area contributed by atoms with Crippen molar-refractivity contribution in [3.63, 3.8) is 0 Å². The molecule has 0 unspecified atom stereocenters. The van der Waals surface area contributed by atoms with Gasteiger partial charge in [-0.1, -0.05) is 32.0 Å². The molecule has 0 aliphatic heterocycles. The van der Waals surface area contributed by atoms with Gasteiger partial charge in [0, 0.05) is 11.7 Å². The van der Waals surface area contributed by atoms with Crippen LogP contribution in [0.4, 0.5) is 0 Å². The molecule has 0 aliphatic carbocycles. The molecule has 5 nitrogen and oxygen atoms in total. The van der Waals surface area contributed by atoms with E-state index in [1.807, 2.05) is 54.9 Å². The molecular weight excluding hydrogens is 268 g/mol. The van der Waals surface area contributed by atoms with E-state index in [2.05, 4.69) is 5.32 Å². The molecule has 2 rings (SSSR count). The molecule has 0 spiro atoms. The normalized spacial score (nSPS) is 12.5. The fourth-order valence-corrected chi connectivity index (χ4v) is 2.37. The molecule has 112 valence electrons. The number of fused-ring (bicyclic) bond motifs is 1. The summed E-state index contributed by atoms with van der Waals surface area (Å²) in [7, 11) is 0. The van der Waals surface area contributed by atoms with Crippen LogP contribution in [0.2, 0.25) is 0 Å². The highest BCUT2D eigenvalue weighted by atomic mass is 16.4. The Morgan fingerprint density at radius 2 is 1.95 bits per heavy atom. The van der Waals surface area contributed by atoms with E-state index in [0.29, 0.717) is 6.42 Å². The van der Waals surface area contributed by atoms with Crippen LogP contribution in [0.3, 0.4) is 0 Å². The van der Waals surface area contributed by atoms with Gasteiger partial charge in [0.1, 0.15) is 12.6 Å². The maximum atomic E-state index is 12.1. The first kappa shape index (κ1) is 15.1. The van der Waals surface area contributed by atoms with E-state index in [1.54, 1.807) is 0 Å². The Kier molecular flexibility index (Phi) is 4.62. The van der Waals surface area contributed by atoms with Crippen molar-refractivity contribution in [3.8, 4) is 0 Å². The summed E-state index contributed by atoms with van der Waals surface area (Å²) in [4.78, 5) is 23.2. The molecule has 0 bridgehead atoms. The lowest BCUT2D eigenvalue weighted by Crippen LogP contribution is -2.43. The summed E-state index contributed by atoms with van der Waals surface area (Å²) in [6, 6.07) is 8.87. The third-order valence-electron chi connectivity index (χ3n) is 3.33. The molecule has 0 aliphatic rings. The topological polar surface area (TPSA) is 71.3 Å². The minimum Gasteiger partial charge on any atom is -0.480 e. The van der Waals surface area contributed by atoms with Crippen molar-refractivity contribution in [2.45, 2.75) is 32.9 Å². The molecule has 2 N–H and O–H groups in total. The monoisotopic (exact) mass is 288 g/mol. The van der Waals surface area contributed by atoms with Crippen LogP contribution in [0.5, 0.6) is 0 Å². The number of carboxylic acid groups (broad SMARTS) is 1. The highest BCUT2D eigenvalue weighted by molar-refractivity contribution is 5.86. The predicted octanol–water partition coefficient (Wildman–Crippen LogP) is 2.26. The van der Waals surface area contributed by atoms with Crippen molar-refractivity contribution in [3.05, 3.63) is 36.5 Å². The highest BCUT2D eigenvalue weighted by Gasteiger charge is 2.21. The van der Waals surface area contributed by atoms with Gasteiger partial charge in [-0.15, -0.1) is 0 Å². The number of carbonyl (C=O) groups excluding carboxylic acids is 1. The van der Waals surface area contributed by atoms with Crippen LogP contribution >= 0.6 is 0 Å². The van der Waals surface area contributed by atoms with Gasteiger partial charge in [0.15, 0.2) is 0 Å². The lowest BCUT2D eigenvalue weighted by molar-refractivity contribution is -0.142. The van der Waals surface area contributed by atoms with Gasteiger partial charge in [-0.2, -0.15) is 0 Å². The van der Waals surface area contributed by atoms with Gasteiger partial charge in [-0.3, -0.25) is 4.79 Å². The SMILES string of the molecule is CC(C)C[C@@H](NC(=O)Cn1ccc2ccccc21)C(=O)O. The summed E-state index contributed by atoms with van der Waals surface area (Å²) >= 11 is 0. The fourth-order valence-electron chi connectivity index (χ4n) is 2.37. The van der Waals surface area contributed by atoms with Gasteiger partial charge in [-0.05, 0) is 29.9 Å². The van der Waals surface area contributed by atoms with Crippen molar-refractivity contribution < 1.29 is 14.7 Å².